The van der Waals surface area contributed by atoms with Gasteiger partial charge in [-0.25, -0.2) is 4.68 Å². The van der Waals surface area contributed by atoms with E-state index in [0.717, 1.165) is 46.0 Å². The summed E-state index contributed by atoms with van der Waals surface area (Å²) in [6, 6.07) is 16.4. The van der Waals surface area contributed by atoms with Crippen molar-refractivity contribution in [2.45, 2.75) is 19.3 Å². The van der Waals surface area contributed by atoms with Crippen LogP contribution in [0, 0.1) is 0 Å². The second-order valence-electron chi connectivity index (χ2n) is 6.18. The molecule has 5 heteroatoms. The highest BCUT2D eigenvalue weighted by molar-refractivity contribution is 9.10. The third-order valence-corrected chi connectivity index (χ3v) is 5.04. The van der Waals surface area contributed by atoms with Crippen molar-refractivity contribution in [3.8, 4) is 22.7 Å². The van der Waals surface area contributed by atoms with Crippen LogP contribution in [0.3, 0.4) is 0 Å². The van der Waals surface area contributed by atoms with Crippen LogP contribution in [0.15, 0.2) is 53.0 Å². The number of anilines is 1. The van der Waals surface area contributed by atoms with Crippen LogP contribution in [-0.2, 0) is 6.42 Å². The van der Waals surface area contributed by atoms with Crippen molar-refractivity contribution in [1.82, 2.24) is 9.78 Å². The summed E-state index contributed by atoms with van der Waals surface area (Å²) in [4.78, 5) is 0. The Balaban J connectivity index is 1.86. The van der Waals surface area contributed by atoms with Gasteiger partial charge in [0.05, 0.1) is 18.5 Å². The quantitative estimate of drug-likeness (QED) is 0.671. The summed E-state index contributed by atoms with van der Waals surface area (Å²) in [5, 5.41) is 8.55. The van der Waals surface area contributed by atoms with E-state index in [0.29, 0.717) is 0 Å². The highest BCUT2D eigenvalue weighted by Gasteiger charge is 2.21. The molecule has 1 aliphatic rings. The first-order valence-corrected chi connectivity index (χ1v) is 9.32. The summed E-state index contributed by atoms with van der Waals surface area (Å²) in [6.45, 7) is 0.979. The molecular formula is C20H20BrN3O. The Kier molecular flexibility index (Phi) is 4.49. The standard InChI is InChI=1S/C20H20BrN3O/c1-25-17-10-8-16(9-11-17)24-20-18(7-2-3-12-22-20)19(23-24)14-5-4-6-15(21)13-14/h4-6,8-11,13,22H,2-3,7,12H2,1H3. The maximum absolute atomic E-state index is 5.27. The number of hydrogen-bond donors (Lipinski definition) is 1. The number of nitrogens with one attached hydrogen (secondary N) is 1. The van der Waals surface area contributed by atoms with Crippen molar-refractivity contribution < 1.29 is 4.74 Å². The number of methoxy groups -OCH3 is 1. The largest absolute Gasteiger partial charge is 0.497 e. The van der Waals surface area contributed by atoms with Crippen molar-refractivity contribution in [3.05, 3.63) is 58.6 Å². The molecule has 1 aromatic heterocycles. The van der Waals surface area contributed by atoms with Crippen LogP contribution in [0.4, 0.5) is 5.82 Å². The lowest BCUT2D eigenvalue weighted by Gasteiger charge is -2.09. The van der Waals surface area contributed by atoms with Gasteiger partial charge in [0.1, 0.15) is 11.6 Å². The Bertz CT molecular complexity index is 886. The van der Waals surface area contributed by atoms with Crippen LogP contribution in [0.1, 0.15) is 18.4 Å². The SMILES string of the molecule is COc1ccc(-n2nc(-c3cccc(Br)c3)c3c2NCCCC3)cc1. The van der Waals surface area contributed by atoms with Crippen molar-refractivity contribution >= 4 is 21.7 Å². The average Bonchev–Trinajstić information content (AvgIpc) is 2.83. The number of aromatic nitrogens is 2. The fourth-order valence-corrected chi connectivity index (χ4v) is 3.68. The van der Waals surface area contributed by atoms with E-state index < -0.39 is 0 Å². The highest BCUT2D eigenvalue weighted by atomic mass is 79.9. The molecule has 1 N–H and O–H groups in total. The van der Waals surface area contributed by atoms with Gasteiger partial charge in [0.2, 0.25) is 0 Å². The van der Waals surface area contributed by atoms with E-state index in [1.807, 2.05) is 35.0 Å². The molecule has 0 fully saturated rings. The van der Waals surface area contributed by atoms with E-state index >= 15 is 0 Å². The highest BCUT2D eigenvalue weighted by Crippen LogP contribution is 2.35. The van der Waals surface area contributed by atoms with Crippen LogP contribution < -0.4 is 10.1 Å². The van der Waals surface area contributed by atoms with Crippen LogP contribution in [0.2, 0.25) is 0 Å². The smallest absolute Gasteiger partial charge is 0.133 e. The van der Waals surface area contributed by atoms with Crippen LogP contribution >= 0.6 is 15.9 Å². The number of fused-ring (bicyclic) bond motifs is 1. The lowest BCUT2D eigenvalue weighted by Crippen LogP contribution is -2.07. The van der Waals surface area contributed by atoms with E-state index in [1.54, 1.807) is 7.11 Å². The molecule has 25 heavy (non-hydrogen) atoms. The Morgan fingerprint density at radius 1 is 1.12 bits per heavy atom. The summed E-state index contributed by atoms with van der Waals surface area (Å²) in [7, 11) is 1.68. The van der Waals surface area contributed by atoms with Gasteiger partial charge in [0.25, 0.3) is 0 Å². The molecule has 0 atom stereocenters. The number of benzene rings is 2. The zero-order chi connectivity index (χ0) is 17.2. The fourth-order valence-electron chi connectivity index (χ4n) is 3.28. The zero-order valence-electron chi connectivity index (χ0n) is 14.1. The van der Waals surface area contributed by atoms with Gasteiger partial charge in [0.15, 0.2) is 0 Å². The maximum Gasteiger partial charge on any atom is 0.133 e. The van der Waals surface area contributed by atoms with Gasteiger partial charge in [-0.1, -0.05) is 28.1 Å². The minimum atomic E-state index is 0.849. The predicted octanol–water partition coefficient (Wildman–Crippen LogP) is 5.06. The Morgan fingerprint density at radius 3 is 2.72 bits per heavy atom. The van der Waals surface area contributed by atoms with Crippen molar-refractivity contribution in [2.75, 3.05) is 19.0 Å². The first kappa shape index (κ1) is 16.2. The summed E-state index contributed by atoms with van der Waals surface area (Å²) in [6.07, 6.45) is 3.39. The van der Waals surface area contributed by atoms with Crippen molar-refractivity contribution in [3.63, 3.8) is 0 Å². The molecule has 4 nitrogen and oxygen atoms in total. The summed E-state index contributed by atoms with van der Waals surface area (Å²) < 4.78 is 8.37. The first-order chi connectivity index (χ1) is 12.3. The summed E-state index contributed by atoms with van der Waals surface area (Å²) in [5.41, 5.74) is 4.53. The minimum Gasteiger partial charge on any atom is -0.497 e. The second kappa shape index (κ2) is 6.92. The molecule has 2 heterocycles. The van der Waals surface area contributed by atoms with Gasteiger partial charge in [0, 0.05) is 22.1 Å². The van der Waals surface area contributed by atoms with Crippen molar-refractivity contribution in [1.29, 1.82) is 0 Å². The molecule has 1 aliphatic heterocycles. The minimum absolute atomic E-state index is 0.849. The van der Waals surface area contributed by atoms with Gasteiger partial charge in [-0.3, -0.25) is 0 Å². The number of ether oxygens (including phenoxy) is 1. The van der Waals surface area contributed by atoms with Crippen molar-refractivity contribution in [2.24, 2.45) is 0 Å². The maximum atomic E-state index is 5.27. The summed E-state index contributed by atoms with van der Waals surface area (Å²) in [5.74, 6) is 1.96. The molecule has 3 aromatic rings. The molecule has 2 aromatic carbocycles. The van der Waals surface area contributed by atoms with Gasteiger partial charge in [-0.15, -0.1) is 0 Å². The van der Waals surface area contributed by atoms with Crippen LogP contribution in [0.5, 0.6) is 5.75 Å². The van der Waals surface area contributed by atoms with Crippen LogP contribution in [0.25, 0.3) is 16.9 Å². The average molecular weight is 398 g/mol. The van der Waals surface area contributed by atoms with E-state index in [-0.39, 0.29) is 0 Å². The van der Waals surface area contributed by atoms with Gasteiger partial charge >= 0.3 is 0 Å². The van der Waals surface area contributed by atoms with Crippen LogP contribution in [-0.4, -0.2) is 23.4 Å². The molecule has 0 saturated carbocycles. The third-order valence-electron chi connectivity index (χ3n) is 4.54. The van der Waals surface area contributed by atoms with Gasteiger partial charge in [-0.2, -0.15) is 5.10 Å². The van der Waals surface area contributed by atoms with Gasteiger partial charge in [-0.05, 0) is 55.7 Å². The zero-order valence-corrected chi connectivity index (χ0v) is 15.7. The molecule has 128 valence electrons. The summed E-state index contributed by atoms with van der Waals surface area (Å²) >= 11 is 3.57. The Morgan fingerprint density at radius 2 is 1.96 bits per heavy atom. The molecule has 0 saturated heterocycles. The number of nitrogens with zero attached hydrogens (tertiary/aromatic N) is 2. The molecule has 0 unspecified atom stereocenters. The molecule has 0 bridgehead atoms. The first-order valence-electron chi connectivity index (χ1n) is 8.52. The molecule has 0 radical (unpaired) electrons. The Hall–Kier alpha value is -2.27. The molecule has 0 spiro atoms. The second-order valence-corrected chi connectivity index (χ2v) is 7.10. The monoisotopic (exact) mass is 397 g/mol. The van der Waals surface area contributed by atoms with Gasteiger partial charge < -0.3 is 10.1 Å². The van der Waals surface area contributed by atoms with E-state index in [4.69, 9.17) is 9.84 Å². The normalized spacial score (nSPS) is 13.7. The molecule has 0 amide bonds. The molecular weight excluding hydrogens is 378 g/mol. The Labute approximate surface area is 156 Å². The fraction of sp³-hybridized carbons (Fsp3) is 0.250. The molecule has 0 aliphatic carbocycles. The molecule has 4 rings (SSSR count). The van der Waals surface area contributed by atoms with E-state index in [1.165, 1.54) is 18.4 Å². The number of rotatable bonds is 3. The number of halogens is 1. The topological polar surface area (TPSA) is 39.1 Å². The third kappa shape index (κ3) is 3.16. The van der Waals surface area contributed by atoms with E-state index in [9.17, 15) is 0 Å². The van der Waals surface area contributed by atoms with E-state index in [2.05, 4.69) is 39.4 Å². The lowest BCUT2D eigenvalue weighted by atomic mass is 10.0. The lowest BCUT2D eigenvalue weighted by molar-refractivity contribution is 0.414. The number of hydrogen-bond acceptors (Lipinski definition) is 3. The predicted molar refractivity (Wildman–Crippen MR) is 105 cm³/mol.